The van der Waals surface area contributed by atoms with Crippen LogP contribution >= 0.6 is 11.6 Å². The van der Waals surface area contributed by atoms with E-state index < -0.39 is 5.67 Å². The van der Waals surface area contributed by atoms with Gasteiger partial charge in [-0.3, -0.25) is 9.59 Å². The molecule has 1 aliphatic heterocycles. The number of nitrogens with one attached hydrogen (secondary N) is 1. The van der Waals surface area contributed by atoms with Crippen LogP contribution in [0.5, 0.6) is 0 Å². The van der Waals surface area contributed by atoms with Gasteiger partial charge in [0.2, 0.25) is 6.41 Å². The number of carbonyl (C=O) groups excluding carboxylic acids is 2. The lowest BCUT2D eigenvalue weighted by molar-refractivity contribution is -0.107. The van der Waals surface area contributed by atoms with Crippen LogP contribution in [0.25, 0.3) is 0 Å². The number of aldehydes is 1. The van der Waals surface area contributed by atoms with Crippen molar-refractivity contribution in [3.8, 4) is 0 Å². The van der Waals surface area contributed by atoms with E-state index in [0.717, 1.165) is 0 Å². The van der Waals surface area contributed by atoms with Crippen LogP contribution < -0.4 is 10.2 Å². The molecule has 1 amide bonds. The zero-order valence-electron chi connectivity index (χ0n) is 11.8. The maximum Gasteiger partial charge on any atom is 0.214 e. The van der Waals surface area contributed by atoms with E-state index in [4.69, 9.17) is 11.6 Å². The van der Waals surface area contributed by atoms with E-state index in [2.05, 4.69) is 5.32 Å². The fraction of sp³-hybridized carbons (Fsp3) is 0.467. The van der Waals surface area contributed by atoms with Crippen LogP contribution in [0.3, 0.4) is 0 Å². The highest BCUT2D eigenvalue weighted by molar-refractivity contribution is 6.31. The molecule has 21 heavy (non-hydrogen) atoms. The lowest BCUT2D eigenvalue weighted by atomic mass is 9.84. The summed E-state index contributed by atoms with van der Waals surface area (Å²) < 4.78 is 14.5. The van der Waals surface area contributed by atoms with Gasteiger partial charge in [0.1, 0.15) is 12.0 Å². The van der Waals surface area contributed by atoms with Crippen molar-refractivity contribution in [2.24, 2.45) is 5.92 Å². The van der Waals surface area contributed by atoms with Crippen molar-refractivity contribution in [3.05, 3.63) is 28.8 Å². The van der Waals surface area contributed by atoms with Crippen LogP contribution in [0.4, 0.5) is 10.1 Å². The molecule has 0 aromatic heterocycles. The minimum Gasteiger partial charge on any atom is -0.316 e. The molecule has 1 N–H and O–H groups in total. The summed E-state index contributed by atoms with van der Waals surface area (Å²) in [7, 11) is 0. The quantitative estimate of drug-likeness (QED) is 0.850. The number of piperidine rings is 1. The van der Waals surface area contributed by atoms with Crippen molar-refractivity contribution >= 4 is 30.0 Å². The summed E-state index contributed by atoms with van der Waals surface area (Å²) in [5, 5.41) is 3.51. The number of nitrogens with zero attached hydrogens (tertiary/aromatic N) is 1. The Kier molecular flexibility index (Phi) is 4.96. The number of hydrogen-bond donors (Lipinski definition) is 1. The lowest BCUT2D eigenvalue weighted by Crippen LogP contribution is -2.50. The van der Waals surface area contributed by atoms with Gasteiger partial charge in [-0.15, -0.1) is 0 Å². The summed E-state index contributed by atoms with van der Waals surface area (Å²) >= 11 is 5.94. The van der Waals surface area contributed by atoms with Gasteiger partial charge in [-0.25, -0.2) is 4.39 Å². The normalized spacial score (nSPS) is 25.4. The first-order chi connectivity index (χ1) is 9.96. The number of carbonyl (C=O) groups is 2. The van der Waals surface area contributed by atoms with E-state index in [0.29, 0.717) is 48.5 Å². The third kappa shape index (κ3) is 3.80. The second-order valence-corrected chi connectivity index (χ2v) is 5.98. The molecule has 0 bridgehead atoms. The standard InChI is InChI=1S/C15H18ClFN2O2/c1-15(17)2-3-18-7-12(15)8-19(10-21)14-5-11(9-20)4-13(16)6-14/h4-6,9-10,12,18H,2-3,7-8H2,1H3. The molecule has 0 aliphatic carbocycles. The lowest BCUT2D eigenvalue weighted by Gasteiger charge is -2.37. The molecule has 2 atom stereocenters. The molecule has 6 heteroatoms. The average molecular weight is 313 g/mol. The topological polar surface area (TPSA) is 49.4 Å². The smallest absolute Gasteiger partial charge is 0.214 e. The van der Waals surface area contributed by atoms with Gasteiger partial charge in [0.25, 0.3) is 0 Å². The molecule has 1 aliphatic rings. The van der Waals surface area contributed by atoms with Gasteiger partial charge in [0.05, 0.1) is 0 Å². The van der Waals surface area contributed by atoms with Crippen molar-refractivity contribution in [2.75, 3.05) is 24.5 Å². The zero-order valence-corrected chi connectivity index (χ0v) is 12.6. The second kappa shape index (κ2) is 6.54. The van der Waals surface area contributed by atoms with Crippen LogP contribution in [0.1, 0.15) is 23.7 Å². The predicted molar refractivity (Wildman–Crippen MR) is 80.7 cm³/mol. The summed E-state index contributed by atoms with van der Waals surface area (Å²) in [6, 6.07) is 4.68. The third-order valence-corrected chi connectivity index (χ3v) is 4.17. The van der Waals surface area contributed by atoms with Gasteiger partial charge in [-0.05, 0) is 38.1 Å². The summed E-state index contributed by atoms with van der Waals surface area (Å²) in [6.07, 6.45) is 1.73. The van der Waals surface area contributed by atoms with Crippen molar-refractivity contribution < 1.29 is 14.0 Å². The Hall–Kier alpha value is -1.46. The molecule has 1 saturated heterocycles. The highest BCUT2D eigenvalue weighted by Crippen LogP contribution is 2.30. The van der Waals surface area contributed by atoms with Crippen molar-refractivity contribution in [1.29, 1.82) is 0 Å². The number of rotatable bonds is 5. The van der Waals surface area contributed by atoms with Crippen LogP contribution in [0, 0.1) is 5.92 Å². The fourth-order valence-electron chi connectivity index (χ4n) is 2.56. The first kappa shape index (κ1) is 15.9. The monoisotopic (exact) mass is 312 g/mol. The van der Waals surface area contributed by atoms with Crippen LogP contribution in [0.15, 0.2) is 18.2 Å². The Morgan fingerprint density at radius 1 is 1.48 bits per heavy atom. The molecule has 1 aromatic carbocycles. The van der Waals surface area contributed by atoms with Crippen LogP contribution in [-0.2, 0) is 4.79 Å². The van der Waals surface area contributed by atoms with Crippen molar-refractivity contribution in [3.63, 3.8) is 0 Å². The number of amides is 1. The molecule has 1 heterocycles. The molecule has 0 spiro atoms. The Morgan fingerprint density at radius 2 is 2.24 bits per heavy atom. The van der Waals surface area contributed by atoms with Gasteiger partial charge >= 0.3 is 0 Å². The van der Waals surface area contributed by atoms with Gasteiger partial charge in [-0.2, -0.15) is 0 Å². The van der Waals surface area contributed by atoms with E-state index in [1.807, 2.05) is 0 Å². The molecule has 0 saturated carbocycles. The molecule has 2 rings (SSSR count). The summed E-state index contributed by atoms with van der Waals surface area (Å²) in [5.41, 5.74) is -0.437. The second-order valence-electron chi connectivity index (χ2n) is 5.55. The summed E-state index contributed by atoms with van der Waals surface area (Å²) in [5.74, 6) is -0.310. The van der Waals surface area contributed by atoms with E-state index in [9.17, 15) is 14.0 Å². The maximum atomic E-state index is 14.5. The SMILES string of the molecule is CC1(F)CCNCC1CN(C=O)c1cc(Cl)cc(C=O)c1. The Bertz CT molecular complexity index is 536. The maximum absolute atomic E-state index is 14.5. The first-order valence-corrected chi connectivity index (χ1v) is 7.21. The van der Waals surface area contributed by atoms with Gasteiger partial charge in [-0.1, -0.05) is 11.6 Å². The van der Waals surface area contributed by atoms with E-state index in [1.165, 1.54) is 11.0 Å². The fourth-order valence-corrected chi connectivity index (χ4v) is 2.80. The van der Waals surface area contributed by atoms with E-state index >= 15 is 0 Å². The summed E-state index contributed by atoms with van der Waals surface area (Å²) in [4.78, 5) is 23.6. The minimum absolute atomic E-state index is 0.238. The number of hydrogen-bond acceptors (Lipinski definition) is 3. The molecule has 0 radical (unpaired) electrons. The highest BCUT2D eigenvalue weighted by atomic mass is 35.5. The largest absolute Gasteiger partial charge is 0.316 e. The van der Waals surface area contributed by atoms with Crippen LogP contribution in [0.2, 0.25) is 5.02 Å². The predicted octanol–water partition coefficient (Wildman–Crippen LogP) is 2.45. The van der Waals surface area contributed by atoms with Gasteiger partial charge < -0.3 is 10.2 Å². The molecule has 1 fully saturated rings. The number of anilines is 1. The molecular formula is C15H18ClFN2O2. The summed E-state index contributed by atoms with van der Waals surface area (Å²) in [6.45, 7) is 2.95. The highest BCUT2D eigenvalue weighted by Gasteiger charge is 2.37. The van der Waals surface area contributed by atoms with Crippen LogP contribution in [-0.4, -0.2) is 38.0 Å². The van der Waals surface area contributed by atoms with E-state index in [1.54, 1.807) is 19.1 Å². The molecular weight excluding hydrogens is 295 g/mol. The molecule has 1 aromatic rings. The van der Waals surface area contributed by atoms with Crippen molar-refractivity contribution in [2.45, 2.75) is 19.0 Å². The Labute approximate surface area is 128 Å². The molecule has 2 unspecified atom stereocenters. The Balaban J connectivity index is 2.21. The van der Waals surface area contributed by atoms with Gasteiger partial charge in [0.15, 0.2) is 0 Å². The third-order valence-electron chi connectivity index (χ3n) is 3.95. The first-order valence-electron chi connectivity index (χ1n) is 6.83. The Morgan fingerprint density at radius 3 is 2.86 bits per heavy atom. The number of alkyl halides is 1. The number of benzene rings is 1. The molecule has 4 nitrogen and oxygen atoms in total. The van der Waals surface area contributed by atoms with E-state index in [-0.39, 0.29) is 12.5 Å². The van der Waals surface area contributed by atoms with Gasteiger partial charge in [0, 0.05) is 35.3 Å². The zero-order chi connectivity index (χ0) is 15.5. The van der Waals surface area contributed by atoms with Crippen molar-refractivity contribution in [1.82, 2.24) is 5.32 Å². The molecule has 114 valence electrons. The minimum atomic E-state index is -1.32. The average Bonchev–Trinajstić information content (AvgIpc) is 2.45. The number of halogens is 2.